The van der Waals surface area contributed by atoms with E-state index in [2.05, 4.69) is 4.99 Å². The predicted molar refractivity (Wildman–Crippen MR) is 59.4 cm³/mol. The summed E-state index contributed by atoms with van der Waals surface area (Å²) in [6.07, 6.45) is 0.0828. The highest BCUT2D eigenvalue weighted by atomic mass is 16.5. The minimum atomic E-state index is -1.40. The van der Waals surface area contributed by atoms with Crippen molar-refractivity contribution < 1.29 is 24.9 Å². The molecule has 17 heavy (non-hydrogen) atoms. The summed E-state index contributed by atoms with van der Waals surface area (Å²) < 4.78 is 5.02. The Balaban J connectivity index is 3.03. The number of nitrogens with two attached hydrogens (primary N) is 1. The molecular weight excluding hydrogens is 228 g/mol. The molecule has 0 aliphatic heterocycles. The fourth-order valence-electron chi connectivity index (χ4n) is 1.73. The summed E-state index contributed by atoms with van der Waals surface area (Å²) in [5.74, 6) is -0.811. The van der Waals surface area contributed by atoms with Crippen molar-refractivity contribution in [2.75, 3.05) is 20.3 Å². The quantitative estimate of drug-likeness (QED) is 0.494. The third-order valence-electron chi connectivity index (χ3n) is 2.47. The third-order valence-corrected chi connectivity index (χ3v) is 2.47. The number of aliphatic hydroxyl groups excluding tert-OH is 1. The second-order valence-electron chi connectivity index (χ2n) is 3.95. The van der Waals surface area contributed by atoms with Crippen LogP contribution in [-0.4, -0.2) is 52.9 Å². The first-order valence-corrected chi connectivity index (χ1v) is 5.03. The van der Waals surface area contributed by atoms with Gasteiger partial charge in [0.25, 0.3) is 0 Å². The molecule has 1 atom stereocenters. The van der Waals surface area contributed by atoms with Crippen molar-refractivity contribution in [2.24, 2.45) is 10.7 Å². The first-order valence-electron chi connectivity index (χ1n) is 5.03. The van der Waals surface area contributed by atoms with Gasteiger partial charge in [-0.15, -0.1) is 0 Å². The first-order chi connectivity index (χ1) is 7.91. The van der Waals surface area contributed by atoms with Gasteiger partial charge in [-0.3, -0.25) is 9.79 Å². The fraction of sp³-hybridized carbons (Fsp3) is 0.600. The van der Waals surface area contributed by atoms with Crippen molar-refractivity contribution in [3.63, 3.8) is 0 Å². The normalized spacial score (nSPS) is 27.4. The lowest BCUT2D eigenvalue weighted by Gasteiger charge is -2.32. The van der Waals surface area contributed by atoms with E-state index in [-0.39, 0.29) is 30.0 Å². The standard InChI is InChI=1S/C10H16N2O5/c1-17-9-6(11)2-10(16,5-13)3-7(9)12-4-8(14)15/h13,16H,2-5,11H2,1H3,(H,14,15)/t10-/m0/s1. The Morgan fingerprint density at radius 1 is 1.59 bits per heavy atom. The second-order valence-corrected chi connectivity index (χ2v) is 3.95. The van der Waals surface area contributed by atoms with Crippen LogP contribution in [-0.2, 0) is 9.53 Å². The highest BCUT2D eigenvalue weighted by molar-refractivity contribution is 6.01. The van der Waals surface area contributed by atoms with E-state index in [0.29, 0.717) is 0 Å². The summed E-state index contributed by atoms with van der Waals surface area (Å²) in [5.41, 5.74) is 4.80. The van der Waals surface area contributed by atoms with Gasteiger partial charge in [0.05, 0.1) is 30.7 Å². The lowest BCUT2D eigenvalue weighted by atomic mass is 9.86. The van der Waals surface area contributed by atoms with Gasteiger partial charge in [-0.1, -0.05) is 0 Å². The van der Waals surface area contributed by atoms with Crippen LogP contribution >= 0.6 is 0 Å². The van der Waals surface area contributed by atoms with E-state index in [0.717, 1.165) is 0 Å². The zero-order valence-corrected chi connectivity index (χ0v) is 9.51. The largest absolute Gasteiger partial charge is 0.493 e. The molecule has 0 unspecified atom stereocenters. The average molecular weight is 244 g/mol. The molecule has 1 rings (SSSR count). The fourth-order valence-corrected chi connectivity index (χ4v) is 1.73. The lowest BCUT2D eigenvalue weighted by molar-refractivity contribution is -0.135. The average Bonchev–Trinajstić information content (AvgIpc) is 2.26. The van der Waals surface area contributed by atoms with Gasteiger partial charge in [-0.05, 0) is 0 Å². The Hall–Kier alpha value is -1.60. The molecular formula is C10H16N2O5. The number of methoxy groups -OCH3 is 1. The van der Waals surface area contributed by atoms with Crippen LogP contribution in [0, 0.1) is 0 Å². The number of aliphatic imine (C=N–C) groups is 1. The number of rotatable bonds is 4. The lowest BCUT2D eigenvalue weighted by Crippen LogP contribution is -2.42. The number of hydrogen-bond acceptors (Lipinski definition) is 6. The summed E-state index contributed by atoms with van der Waals surface area (Å²) in [5, 5.41) is 27.6. The van der Waals surface area contributed by atoms with Crippen LogP contribution in [0.25, 0.3) is 0 Å². The van der Waals surface area contributed by atoms with E-state index in [1.807, 2.05) is 0 Å². The molecule has 0 spiro atoms. The maximum Gasteiger partial charge on any atom is 0.325 e. The molecule has 96 valence electrons. The number of carboxylic acids is 1. The maximum absolute atomic E-state index is 10.4. The van der Waals surface area contributed by atoms with Gasteiger partial charge < -0.3 is 25.8 Å². The zero-order chi connectivity index (χ0) is 13.1. The predicted octanol–water partition coefficient (Wildman–Crippen LogP) is -1.15. The number of carbonyl (C=O) groups is 1. The van der Waals surface area contributed by atoms with E-state index < -0.39 is 24.7 Å². The Labute approximate surface area is 98.2 Å². The van der Waals surface area contributed by atoms with Crippen molar-refractivity contribution in [3.8, 4) is 0 Å². The Kier molecular flexibility index (Phi) is 4.08. The van der Waals surface area contributed by atoms with Crippen LogP contribution in [0.3, 0.4) is 0 Å². The van der Waals surface area contributed by atoms with Crippen LogP contribution in [0.2, 0.25) is 0 Å². The molecule has 0 radical (unpaired) electrons. The Bertz CT molecular complexity index is 377. The van der Waals surface area contributed by atoms with Crippen molar-refractivity contribution in [1.82, 2.24) is 0 Å². The number of ether oxygens (including phenoxy) is 1. The molecule has 5 N–H and O–H groups in total. The molecule has 0 fully saturated rings. The molecule has 0 saturated carbocycles. The molecule has 0 amide bonds. The number of aliphatic hydroxyl groups is 2. The number of nitrogens with zero attached hydrogens (tertiary/aromatic N) is 1. The monoisotopic (exact) mass is 244 g/mol. The molecule has 0 aromatic carbocycles. The molecule has 0 bridgehead atoms. The summed E-state index contributed by atoms with van der Waals surface area (Å²) >= 11 is 0. The molecule has 0 aromatic heterocycles. The Morgan fingerprint density at radius 2 is 2.24 bits per heavy atom. The summed E-state index contributed by atoms with van der Waals surface area (Å²) in [4.78, 5) is 14.3. The van der Waals surface area contributed by atoms with Gasteiger partial charge in [0.1, 0.15) is 6.54 Å². The van der Waals surface area contributed by atoms with E-state index in [9.17, 15) is 9.90 Å². The Morgan fingerprint density at radius 3 is 2.71 bits per heavy atom. The molecule has 0 heterocycles. The van der Waals surface area contributed by atoms with Crippen LogP contribution < -0.4 is 5.73 Å². The topological polar surface area (TPSA) is 125 Å². The van der Waals surface area contributed by atoms with Gasteiger partial charge in [-0.25, -0.2) is 0 Å². The van der Waals surface area contributed by atoms with E-state index in [4.69, 9.17) is 20.7 Å². The van der Waals surface area contributed by atoms with Gasteiger partial charge >= 0.3 is 5.97 Å². The summed E-state index contributed by atoms with van der Waals surface area (Å²) in [6, 6.07) is 0. The number of hydrogen-bond donors (Lipinski definition) is 4. The highest BCUT2D eigenvalue weighted by Gasteiger charge is 2.36. The third kappa shape index (κ3) is 3.18. The number of carboxylic acid groups (broad SMARTS) is 1. The number of allylic oxidation sites excluding steroid dienone is 1. The van der Waals surface area contributed by atoms with Gasteiger partial charge in [-0.2, -0.15) is 0 Å². The molecule has 0 aromatic rings. The molecule has 0 saturated heterocycles. The van der Waals surface area contributed by atoms with Crippen LogP contribution in [0.4, 0.5) is 0 Å². The van der Waals surface area contributed by atoms with Crippen molar-refractivity contribution in [3.05, 3.63) is 11.5 Å². The summed E-state index contributed by atoms with van der Waals surface area (Å²) in [7, 11) is 1.39. The van der Waals surface area contributed by atoms with Crippen molar-refractivity contribution >= 4 is 11.7 Å². The summed E-state index contributed by atoms with van der Waals surface area (Å²) in [6.45, 7) is -0.909. The van der Waals surface area contributed by atoms with Crippen molar-refractivity contribution in [1.29, 1.82) is 0 Å². The van der Waals surface area contributed by atoms with E-state index >= 15 is 0 Å². The maximum atomic E-state index is 10.4. The first kappa shape index (κ1) is 13.5. The smallest absolute Gasteiger partial charge is 0.325 e. The number of aliphatic carboxylic acids is 1. The molecule has 1 aliphatic carbocycles. The zero-order valence-electron chi connectivity index (χ0n) is 9.51. The highest BCUT2D eigenvalue weighted by Crippen LogP contribution is 2.28. The van der Waals surface area contributed by atoms with Crippen LogP contribution in [0.1, 0.15) is 12.8 Å². The van der Waals surface area contributed by atoms with Gasteiger partial charge in [0, 0.05) is 12.8 Å². The molecule has 7 nitrogen and oxygen atoms in total. The van der Waals surface area contributed by atoms with Gasteiger partial charge in [0.15, 0.2) is 5.76 Å². The van der Waals surface area contributed by atoms with Crippen LogP contribution in [0.5, 0.6) is 0 Å². The van der Waals surface area contributed by atoms with E-state index in [1.165, 1.54) is 7.11 Å². The minimum absolute atomic E-state index is 0.0145. The SMILES string of the molecule is COC1=C(N)C[C@@](O)(CO)CC1=NCC(=O)O. The minimum Gasteiger partial charge on any atom is -0.493 e. The van der Waals surface area contributed by atoms with Crippen molar-refractivity contribution in [2.45, 2.75) is 18.4 Å². The van der Waals surface area contributed by atoms with Crippen LogP contribution in [0.15, 0.2) is 16.4 Å². The second kappa shape index (κ2) is 5.15. The molecule has 1 aliphatic rings. The van der Waals surface area contributed by atoms with E-state index in [1.54, 1.807) is 0 Å². The van der Waals surface area contributed by atoms with Gasteiger partial charge in [0.2, 0.25) is 0 Å². The molecule has 7 heteroatoms.